The Morgan fingerprint density at radius 3 is 3.14 bits per heavy atom. The van der Waals surface area contributed by atoms with Crippen LogP contribution >= 0.6 is 0 Å². The minimum atomic E-state index is -0.194. The van der Waals surface area contributed by atoms with E-state index in [1.165, 1.54) is 0 Å². The zero-order valence-corrected chi connectivity index (χ0v) is 8.41. The lowest BCUT2D eigenvalue weighted by Gasteiger charge is -2.26. The lowest BCUT2D eigenvalue weighted by molar-refractivity contribution is -0.125. The summed E-state index contributed by atoms with van der Waals surface area (Å²) in [6.07, 6.45) is 3.25. The lowest BCUT2D eigenvalue weighted by Crippen LogP contribution is -2.44. The third-order valence-electron chi connectivity index (χ3n) is 2.43. The Bertz CT molecular complexity index is 206. The molecule has 0 saturated carbocycles. The van der Waals surface area contributed by atoms with Gasteiger partial charge in [0.15, 0.2) is 0 Å². The average Bonchev–Trinajstić information content (AvgIpc) is 2.33. The fourth-order valence-corrected chi connectivity index (χ4v) is 1.75. The highest BCUT2D eigenvalue weighted by atomic mass is 16.3. The quantitative estimate of drug-likeness (QED) is 0.612. The molecule has 1 amide bonds. The zero-order valence-electron chi connectivity index (χ0n) is 8.41. The number of carbonyl (C=O) groups excluding carboxylic acids is 1. The zero-order chi connectivity index (χ0) is 10.4. The Hall–Kier alpha value is -0.870. The molecule has 1 saturated heterocycles. The van der Waals surface area contributed by atoms with E-state index in [1.54, 1.807) is 6.08 Å². The summed E-state index contributed by atoms with van der Waals surface area (Å²) < 4.78 is 0. The molecule has 1 rings (SSSR count). The number of nitrogens with zero attached hydrogens (tertiary/aromatic N) is 1. The van der Waals surface area contributed by atoms with E-state index in [1.807, 2.05) is 0 Å². The summed E-state index contributed by atoms with van der Waals surface area (Å²) in [5.74, 6) is 0.0263. The SMILES string of the molecule is C=CCN1CCCNC(=O)C1CCO. The van der Waals surface area contributed by atoms with Gasteiger partial charge < -0.3 is 10.4 Å². The first-order valence-corrected chi connectivity index (χ1v) is 5.03. The summed E-state index contributed by atoms with van der Waals surface area (Å²) in [6.45, 7) is 6.04. The van der Waals surface area contributed by atoms with Gasteiger partial charge in [-0.15, -0.1) is 6.58 Å². The summed E-state index contributed by atoms with van der Waals surface area (Å²) in [7, 11) is 0. The number of hydrogen-bond donors (Lipinski definition) is 2. The van der Waals surface area contributed by atoms with Gasteiger partial charge in [-0.1, -0.05) is 6.08 Å². The van der Waals surface area contributed by atoms with E-state index in [2.05, 4.69) is 16.8 Å². The second kappa shape index (κ2) is 5.78. The Labute approximate surface area is 84.6 Å². The summed E-state index contributed by atoms with van der Waals surface area (Å²) in [5.41, 5.74) is 0. The van der Waals surface area contributed by atoms with E-state index in [9.17, 15) is 4.79 Å². The predicted octanol–water partition coefficient (Wildman–Crippen LogP) is -0.255. The minimum Gasteiger partial charge on any atom is -0.396 e. The number of aliphatic hydroxyl groups excluding tert-OH is 1. The van der Waals surface area contributed by atoms with E-state index in [-0.39, 0.29) is 18.6 Å². The fourth-order valence-electron chi connectivity index (χ4n) is 1.75. The molecule has 14 heavy (non-hydrogen) atoms. The molecule has 0 spiro atoms. The van der Waals surface area contributed by atoms with Crippen molar-refractivity contribution in [3.05, 3.63) is 12.7 Å². The van der Waals surface area contributed by atoms with Gasteiger partial charge >= 0.3 is 0 Å². The smallest absolute Gasteiger partial charge is 0.237 e. The molecule has 0 radical (unpaired) electrons. The molecule has 0 bridgehead atoms. The molecule has 1 heterocycles. The van der Waals surface area contributed by atoms with E-state index in [0.29, 0.717) is 13.0 Å². The average molecular weight is 198 g/mol. The maximum absolute atomic E-state index is 11.6. The van der Waals surface area contributed by atoms with Gasteiger partial charge in [-0.3, -0.25) is 9.69 Å². The van der Waals surface area contributed by atoms with Gasteiger partial charge in [0.25, 0.3) is 0 Å². The number of amides is 1. The van der Waals surface area contributed by atoms with Crippen LogP contribution < -0.4 is 5.32 Å². The monoisotopic (exact) mass is 198 g/mol. The van der Waals surface area contributed by atoms with Gasteiger partial charge in [-0.05, 0) is 12.8 Å². The fraction of sp³-hybridized carbons (Fsp3) is 0.700. The van der Waals surface area contributed by atoms with Gasteiger partial charge in [-0.2, -0.15) is 0 Å². The van der Waals surface area contributed by atoms with Crippen molar-refractivity contribution >= 4 is 5.91 Å². The molecule has 1 fully saturated rings. The summed E-state index contributed by atoms with van der Waals surface area (Å²) in [6, 6.07) is -0.194. The molecule has 0 aliphatic carbocycles. The van der Waals surface area contributed by atoms with Crippen LogP contribution in [0.4, 0.5) is 0 Å². The Morgan fingerprint density at radius 2 is 2.50 bits per heavy atom. The second-order valence-electron chi connectivity index (χ2n) is 3.46. The van der Waals surface area contributed by atoms with Crippen LogP contribution in [-0.2, 0) is 4.79 Å². The van der Waals surface area contributed by atoms with Crippen molar-refractivity contribution in [3.8, 4) is 0 Å². The van der Waals surface area contributed by atoms with Crippen molar-refractivity contribution < 1.29 is 9.90 Å². The van der Waals surface area contributed by atoms with Gasteiger partial charge in [0.2, 0.25) is 5.91 Å². The molecular weight excluding hydrogens is 180 g/mol. The van der Waals surface area contributed by atoms with Crippen molar-refractivity contribution in [2.45, 2.75) is 18.9 Å². The van der Waals surface area contributed by atoms with Crippen molar-refractivity contribution in [2.24, 2.45) is 0 Å². The molecule has 1 atom stereocenters. The minimum absolute atomic E-state index is 0.0263. The normalized spacial score (nSPS) is 24.1. The summed E-state index contributed by atoms with van der Waals surface area (Å²) in [5, 5.41) is 11.7. The topological polar surface area (TPSA) is 52.6 Å². The third-order valence-corrected chi connectivity index (χ3v) is 2.43. The molecule has 4 nitrogen and oxygen atoms in total. The first-order valence-electron chi connectivity index (χ1n) is 5.03. The van der Waals surface area contributed by atoms with Crippen molar-refractivity contribution in [1.82, 2.24) is 10.2 Å². The van der Waals surface area contributed by atoms with Gasteiger partial charge in [0.1, 0.15) is 0 Å². The molecule has 4 heteroatoms. The number of carbonyl (C=O) groups is 1. The van der Waals surface area contributed by atoms with Gasteiger partial charge in [0.05, 0.1) is 6.04 Å². The first kappa shape index (κ1) is 11.2. The first-order chi connectivity index (χ1) is 6.79. The van der Waals surface area contributed by atoms with Crippen LogP contribution in [0, 0.1) is 0 Å². The van der Waals surface area contributed by atoms with Crippen LogP contribution in [0.1, 0.15) is 12.8 Å². The maximum atomic E-state index is 11.6. The highest BCUT2D eigenvalue weighted by Gasteiger charge is 2.26. The largest absolute Gasteiger partial charge is 0.396 e. The Balaban J connectivity index is 2.64. The van der Waals surface area contributed by atoms with Gasteiger partial charge in [0, 0.05) is 26.2 Å². The van der Waals surface area contributed by atoms with Crippen molar-refractivity contribution in [2.75, 3.05) is 26.2 Å². The molecule has 1 unspecified atom stereocenters. The Morgan fingerprint density at radius 1 is 1.71 bits per heavy atom. The molecular formula is C10H18N2O2. The predicted molar refractivity (Wildman–Crippen MR) is 54.9 cm³/mol. The standard InChI is InChI=1S/C10H18N2O2/c1-2-6-12-7-3-5-11-10(14)9(12)4-8-13/h2,9,13H,1,3-8H2,(H,11,14). The number of rotatable bonds is 4. The van der Waals surface area contributed by atoms with E-state index >= 15 is 0 Å². The van der Waals surface area contributed by atoms with Crippen molar-refractivity contribution in [3.63, 3.8) is 0 Å². The number of aliphatic hydroxyl groups is 1. The van der Waals surface area contributed by atoms with E-state index < -0.39 is 0 Å². The number of hydrogen-bond acceptors (Lipinski definition) is 3. The Kier molecular flexibility index (Phi) is 4.62. The van der Waals surface area contributed by atoms with Crippen LogP contribution in [0.15, 0.2) is 12.7 Å². The van der Waals surface area contributed by atoms with Crippen LogP contribution in [0.25, 0.3) is 0 Å². The van der Waals surface area contributed by atoms with Crippen LogP contribution in [-0.4, -0.2) is 48.2 Å². The molecule has 0 aromatic rings. The van der Waals surface area contributed by atoms with Crippen molar-refractivity contribution in [1.29, 1.82) is 0 Å². The van der Waals surface area contributed by atoms with Crippen LogP contribution in [0.2, 0.25) is 0 Å². The second-order valence-corrected chi connectivity index (χ2v) is 3.46. The molecule has 0 aromatic carbocycles. The number of nitrogens with one attached hydrogen (secondary N) is 1. The van der Waals surface area contributed by atoms with E-state index in [0.717, 1.165) is 19.5 Å². The highest BCUT2D eigenvalue weighted by molar-refractivity contribution is 5.81. The highest BCUT2D eigenvalue weighted by Crippen LogP contribution is 2.08. The molecule has 1 aliphatic rings. The molecule has 0 aromatic heterocycles. The molecule has 2 N–H and O–H groups in total. The third kappa shape index (κ3) is 2.82. The van der Waals surface area contributed by atoms with Gasteiger partial charge in [-0.25, -0.2) is 0 Å². The van der Waals surface area contributed by atoms with E-state index in [4.69, 9.17) is 5.11 Å². The maximum Gasteiger partial charge on any atom is 0.237 e. The molecule has 80 valence electrons. The lowest BCUT2D eigenvalue weighted by atomic mass is 10.1. The van der Waals surface area contributed by atoms with Crippen LogP contribution in [0.5, 0.6) is 0 Å². The van der Waals surface area contributed by atoms with Crippen LogP contribution in [0.3, 0.4) is 0 Å². The summed E-state index contributed by atoms with van der Waals surface area (Å²) >= 11 is 0. The molecule has 1 aliphatic heterocycles. The summed E-state index contributed by atoms with van der Waals surface area (Å²) in [4.78, 5) is 13.7.